The second-order valence-electron chi connectivity index (χ2n) is 5.37. The molecule has 3 aromatic rings. The highest BCUT2D eigenvalue weighted by Gasteiger charge is 2.30. The molecule has 0 saturated carbocycles. The summed E-state index contributed by atoms with van der Waals surface area (Å²) in [6.07, 6.45) is 5.48. The van der Waals surface area contributed by atoms with Gasteiger partial charge in [0, 0.05) is 23.7 Å². The van der Waals surface area contributed by atoms with Crippen molar-refractivity contribution in [1.82, 2.24) is 20.2 Å². The van der Waals surface area contributed by atoms with E-state index in [1.807, 2.05) is 17.6 Å². The van der Waals surface area contributed by atoms with Gasteiger partial charge in [-0.3, -0.25) is 0 Å². The van der Waals surface area contributed by atoms with Gasteiger partial charge in [0.1, 0.15) is 10.8 Å². The SMILES string of the molecule is Fc1cccc(-c2cnnc(N3CCC[C@H]3c3nccs3)n2)c1. The molecule has 1 atom stereocenters. The van der Waals surface area contributed by atoms with E-state index in [9.17, 15) is 4.39 Å². The molecule has 2 aromatic heterocycles. The lowest BCUT2D eigenvalue weighted by Crippen LogP contribution is -2.25. The van der Waals surface area contributed by atoms with E-state index in [0.29, 0.717) is 17.2 Å². The minimum Gasteiger partial charge on any atom is -0.330 e. The Morgan fingerprint density at radius 2 is 2.26 bits per heavy atom. The summed E-state index contributed by atoms with van der Waals surface area (Å²) < 4.78 is 13.4. The van der Waals surface area contributed by atoms with Gasteiger partial charge in [0.05, 0.1) is 17.9 Å². The Balaban J connectivity index is 1.68. The fourth-order valence-electron chi connectivity index (χ4n) is 2.86. The first-order valence-electron chi connectivity index (χ1n) is 7.43. The van der Waals surface area contributed by atoms with Crippen LogP contribution < -0.4 is 4.90 Å². The zero-order valence-corrected chi connectivity index (χ0v) is 13.1. The van der Waals surface area contributed by atoms with Crippen molar-refractivity contribution in [3.63, 3.8) is 0 Å². The predicted octanol–water partition coefficient (Wildman–Crippen LogP) is 3.48. The van der Waals surface area contributed by atoms with Crippen molar-refractivity contribution in [2.24, 2.45) is 0 Å². The van der Waals surface area contributed by atoms with Crippen LogP contribution >= 0.6 is 11.3 Å². The molecule has 5 nitrogen and oxygen atoms in total. The fraction of sp³-hybridized carbons (Fsp3) is 0.250. The summed E-state index contributed by atoms with van der Waals surface area (Å²) in [5.41, 5.74) is 1.32. The van der Waals surface area contributed by atoms with Crippen LogP contribution in [-0.2, 0) is 0 Å². The van der Waals surface area contributed by atoms with Crippen LogP contribution in [-0.4, -0.2) is 26.7 Å². The van der Waals surface area contributed by atoms with Crippen LogP contribution in [0.3, 0.4) is 0 Å². The number of aromatic nitrogens is 4. The fourth-order valence-corrected chi connectivity index (χ4v) is 3.65. The first-order chi connectivity index (χ1) is 11.3. The molecule has 0 N–H and O–H groups in total. The van der Waals surface area contributed by atoms with E-state index in [0.717, 1.165) is 24.4 Å². The zero-order chi connectivity index (χ0) is 15.6. The molecule has 0 spiro atoms. The van der Waals surface area contributed by atoms with Gasteiger partial charge in [-0.1, -0.05) is 12.1 Å². The van der Waals surface area contributed by atoms with Crippen LogP contribution in [0.2, 0.25) is 0 Å². The number of halogens is 1. The largest absolute Gasteiger partial charge is 0.330 e. The van der Waals surface area contributed by atoms with Crippen molar-refractivity contribution >= 4 is 17.3 Å². The van der Waals surface area contributed by atoms with Crippen LogP contribution in [0.5, 0.6) is 0 Å². The summed E-state index contributed by atoms with van der Waals surface area (Å²) in [4.78, 5) is 11.1. The van der Waals surface area contributed by atoms with Crippen LogP contribution in [0.1, 0.15) is 23.9 Å². The lowest BCUT2D eigenvalue weighted by Gasteiger charge is -2.22. The summed E-state index contributed by atoms with van der Waals surface area (Å²) in [7, 11) is 0. The molecule has 0 amide bonds. The highest BCUT2D eigenvalue weighted by molar-refractivity contribution is 7.09. The normalized spacial score (nSPS) is 17.6. The predicted molar refractivity (Wildman–Crippen MR) is 86.7 cm³/mol. The standard InChI is InChI=1S/C16H14FN5S/c17-12-4-1-3-11(9-12)13-10-19-21-16(20-13)22-7-2-5-14(22)15-18-6-8-23-15/h1,3-4,6,8-10,14H,2,5,7H2/t14-/m0/s1. The highest BCUT2D eigenvalue weighted by Crippen LogP contribution is 2.35. The second kappa shape index (κ2) is 6.00. The number of anilines is 1. The maximum atomic E-state index is 13.4. The Hall–Kier alpha value is -2.41. The minimum absolute atomic E-state index is 0.194. The summed E-state index contributed by atoms with van der Waals surface area (Å²) in [6.45, 7) is 0.874. The summed E-state index contributed by atoms with van der Waals surface area (Å²) in [5.74, 6) is 0.286. The molecule has 1 saturated heterocycles. The monoisotopic (exact) mass is 327 g/mol. The van der Waals surface area contributed by atoms with Gasteiger partial charge in [-0.25, -0.2) is 14.4 Å². The Bertz CT molecular complexity index is 808. The lowest BCUT2D eigenvalue weighted by molar-refractivity contribution is 0.628. The molecule has 7 heteroatoms. The van der Waals surface area contributed by atoms with Crippen molar-refractivity contribution in [2.45, 2.75) is 18.9 Å². The molecule has 23 heavy (non-hydrogen) atoms. The molecule has 1 aliphatic heterocycles. The maximum absolute atomic E-state index is 13.4. The molecule has 4 rings (SSSR count). The van der Waals surface area contributed by atoms with E-state index in [2.05, 4.69) is 25.1 Å². The Labute approximate surface area is 136 Å². The first-order valence-corrected chi connectivity index (χ1v) is 8.31. The quantitative estimate of drug-likeness (QED) is 0.737. The van der Waals surface area contributed by atoms with Crippen LogP contribution in [0, 0.1) is 5.82 Å². The van der Waals surface area contributed by atoms with Gasteiger partial charge in [0.25, 0.3) is 0 Å². The van der Waals surface area contributed by atoms with Crippen molar-refractivity contribution in [1.29, 1.82) is 0 Å². The van der Waals surface area contributed by atoms with Gasteiger partial charge in [-0.05, 0) is 25.0 Å². The van der Waals surface area contributed by atoms with Gasteiger partial charge in [-0.2, -0.15) is 5.10 Å². The summed E-state index contributed by atoms with van der Waals surface area (Å²) in [6, 6.07) is 6.55. The summed E-state index contributed by atoms with van der Waals surface area (Å²) in [5, 5.41) is 11.3. The molecule has 116 valence electrons. The van der Waals surface area contributed by atoms with Crippen LogP contribution in [0.25, 0.3) is 11.3 Å². The van der Waals surface area contributed by atoms with Crippen molar-refractivity contribution in [2.75, 3.05) is 11.4 Å². The number of hydrogen-bond acceptors (Lipinski definition) is 6. The van der Waals surface area contributed by atoms with Crippen molar-refractivity contribution in [3.8, 4) is 11.3 Å². The van der Waals surface area contributed by atoms with E-state index in [-0.39, 0.29) is 11.9 Å². The molecule has 0 bridgehead atoms. The van der Waals surface area contributed by atoms with Gasteiger partial charge in [-0.15, -0.1) is 16.4 Å². The third kappa shape index (κ3) is 2.79. The smallest absolute Gasteiger partial charge is 0.246 e. The average Bonchev–Trinajstić information content (AvgIpc) is 3.26. The van der Waals surface area contributed by atoms with Crippen LogP contribution in [0.15, 0.2) is 42.0 Å². The Morgan fingerprint density at radius 1 is 1.30 bits per heavy atom. The van der Waals surface area contributed by atoms with Gasteiger partial charge < -0.3 is 4.90 Å². The van der Waals surface area contributed by atoms with Gasteiger partial charge in [0.2, 0.25) is 5.95 Å². The first kappa shape index (κ1) is 14.2. The van der Waals surface area contributed by atoms with Gasteiger partial charge >= 0.3 is 0 Å². The number of hydrogen-bond donors (Lipinski definition) is 0. The molecule has 0 aliphatic carbocycles. The number of rotatable bonds is 3. The Morgan fingerprint density at radius 3 is 3.09 bits per heavy atom. The molecular weight excluding hydrogens is 313 g/mol. The van der Waals surface area contributed by atoms with E-state index >= 15 is 0 Å². The lowest BCUT2D eigenvalue weighted by atomic mass is 10.1. The average molecular weight is 327 g/mol. The van der Waals surface area contributed by atoms with Crippen molar-refractivity contribution in [3.05, 3.63) is 52.9 Å². The summed E-state index contributed by atoms with van der Waals surface area (Å²) >= 11 is 1.64. The molecule has 3 heterocycles. The number of nitrogens with zero attached hydrogens (tertiary/aromatic N) is 5. The maximum Gasteiger partial charge on any atom is 0.246 e. The van der Waals surface area contributed by atoms with Crippen molar-refractivity contribution < 1.29 is 4.39 Å². The molecule has 0 unspecified atom stereocenters. The van der Waals surface area contributed by atoms with Crippen LogP contribution in [0.4, 0.5) is 10.3 Å². The number of benzene rings is 1. The topological polar surface area (TPSA) is 54.8 Å². The highest BCUT2D eigenvalue weighted by atomic mass is 32.1. The van der Waals surface area contributed by atoms with Gasteiger partial charge in [0.15, 0.2) is 0 Å². The molecule has 1 aliphatic rings. The second-order valence-corrected chi connectivity index (χ2v) is 6.30. The van der Waals surface area contributed by atoms with E-state index in [1.54, 1.807) is 23.6 Å². The minimum atomic E-state index is -0.288. The third-order valence-corrected chi connectivity index (χ3v) is 4.79. The molecular formula is C16H14FN5S. The van der Waals surface area contributed by atoms with E-state index in [4.69, 9.17) is 0 Å². The third-order valence-electron chi connectivity index (χ3n) is 3.91. The molecule has 1 aromatic carbocycles. The van der Waals surface area contributed by atoms with E-state index < -0.39 is 0 Å². The zero-order valence-electron chi connectivity index (χ0n) is 12.3. The molecule has 0 radical (unpaired) electrons. The Kier molecular flexibility index (Phi) is 3.70. The number of thiazole rings is 1. The molecule has 1 fully saturated rings. The van der Waals surface area contributed by atoms with E-state index in [1.165, 1.54) is 12.1 Å².